The van der Waals surface area contributed by atoms with Crippen LogP contribution in [0.1, 0.15) is 11.1 Å². The van der Waals surface area contributed by atoms with Gasteiger partial charge in [0.25, 0.3) is 0 Å². The van der Waals surface area contributed by atoms with Crippen LogP contribution in [-0.4, -0.2) is 0 Å². The van der Waals surface area contributed by atoms with E-state index in [1.54, 1.807) is 0 Å². The average Bonchev–Trinajstić information content (AvgIpc) is 2.39. The van der Waals surface area contributed by atoms with Crippen molar-refractivity contribution in [2.24, 2.45) is 5.11 Å². The molecule has 0 spiro atoms. The Labute approximate surface area is 100 Å². The molecule has 84 valence electrons. The molecule has 0 bridgehead atoms. The van der Waals surface area contributed by atoms with Gasteiger partial charge in [0.2, 0.25) is 0 Å². The summed E-state index contributed by atoms with van der Waals surface area (Å²) in [6.07, 6.45) is 0. The van der Waals surface area contributed by atoms with Crippen LogP contribution in [0.4, 0.5) is 0 Å². The first kappa shape index (κ1) is 11.2. The summed E-state index contributed by atoms with van der Waals surface area (Å²) in [6.45, 7) is 2.48. The molecular formula is C14H13N3. The van der Waals surface area contributed by atoms with Gasteiger partial charge < -0.3 is 0 Å². The number of aryl methyl sites for hydroxylation is 1. The molecule has 0 atom stereocenters. The summed E-state index contributed by atoms with van der Waals surface area (Å²) in [4.78, 5) is 2.78. The largest absolute Gasteiger partial charge is 0.0893 e. The summed E-state index contributed by atoms with van der Waals surface area (Å²) in [7, 11) is 0. The van der Waals surface area contributed by atoms with Crippen molar-refractivity contribution in [3.05, 3.63) is 70.1 Å². The Morgan fingerprint density at radius 3 is 2.59 bits per heavy atom. The fourth-order valence-corrected chi connectivity index (χ4v) is 1.81. The molecule has 0 aliphatic rings. The van der Waals surface area contributed by atoms with Gasteiger partial charge in [0.15, 0.2) is 0 Å². The Morgan fingerprint density at radius 1 is 1.12 bits per heavy atom. The normalized spacial score (nSPS) is 9.71. The molecule has 0 aliphatic carbocycles. The molecule has 2 aromatic carbocycles. The van der Waals surface area contributed by atoms with Crippen LogP contribution in [0.25, 0.3) is 21.6 Å². The number of benzene rings is 2. The molecule has 0 fully saturated rings. The standard InChI is InChI=1S/C14H13N3/c1-11-7-8-12(10-16-17-15)9-14(11)13-5-3-2-4-6-13/h2-9H,10H2,1H3. The minimum atomic E-state index is 0.399. The Hall–Kier alpha value is -2.25. The third-order valence-electron chi connectivity index (χ3n) is 2.70. The highest BCUT2D eigenvalue weighted by atomic mass is 15.1. The van der Waals surface area contributed by atoms with E-state index in [4.69, 9.17) is 5.53 Å². The van der Waals surface area contributed by atoms with E-state index in [1.165, 1.54) is 16.7 Å². The maximum atomic E-state index is 8.33. The van der Waals surface area contributed by atoms with Gasteiger partial charge in [-0.05, 0) is 34.7 Å². The van der Waals surface area contributed by atoms with Gasteiger partial charge >= 0.3 is 0 Å². The Balaban J connectivity index is 2.43. The first-order valence-corrected chi connectivity index (χ1v) is 5.47. The van der Waals surface area contributed by atoms with Crippen molar-refractivity contribution in [2.45, 2.75) is 13.5 Å². The first-order chi connectivity index (χ1) is 8.31. The topological polar surface area (TPSA) is 48.8 Å². The van der Waals surface area contributed by atoms with Crippen molar-refractivity contribution in [1.82, 2.24) is 0 Å². The van der Waals surface area contributed by atoms with E-state index in [9.17, 15) is 0 Å². The highest BCUT2D eigenvalue weighted by Gasteiger charge is 2.02. The predicted molar refractivity (Wildman–Crippen MR) is 69.5 cm³/mol. The average molecular weight is 223 g/mol. The highest BCUT2D eigenvalue weighted by molar-refractivity contribution is 5.67. The predicted octanol–water partition coefficient (Wildman–Crippen LogP) is 4.47. The number of hydrogen-bond donors (Lipinski definition) is 0. The Morgan fingerprint density at radius 2 is 1.88 bits per heavy atom. The van der Waals surface area contributed by atoms with Crippen LogP contribution < -0.4 is 0 Å². The molecule has 0 heterocycles. The third-order valence-corrected chi connectivity index (χ3v) is 2.70. The van der Waals surface area contributed by atoms with Crippen molar-refractivity contribution in [2.75, 3.05) is 0 Å². The van der Waals surface area contributed by atoms with Crippen molar-refractivity contribution >= 4 is 0 Å². The zero-order chi connectivity index (χ0) is 12.1. The van der Waals surface area contributed by atoms with Crippen LogP contribution in [0.15, 0.2) is 53.6 Å². The van der Waals surface area contributed by atoms with E-state index in [0.29, 0.717) is 6.54 Å². The number of nitrogens with zero attached hydrogens (tertiary/aromatic N) is 3. The van der Waals surface area contributed by atoms with Crippen molar-refractivity contribution in [3.63, 3.8) is 0 Å². The summed E-state index contributed by atoms with van der Waals surface area (Å²) in [5.74, 6) is 0. The third kappa shape index (κ3) is 2.65. The number of rotatable bonds is 3. The van der Waals surface area contributed by atoms with Gasteiger partial charge in [0, 0.05) is 4.91 Å². The first-order valence-electron chi connectivity index (χ1n) is 5.47. The molecule has 17 heavy (non-hydrogen) atoms. The van der Waals surface area contributed by atoms with Crippen molar-refractivity contribution < 1.29 is 0 Å². The summed E-state index contributed by atoms with van der Waals surface area (Å²) in [6, 6.07) is 16.4. The zero-order valence-electron chi connectivity index (χ0n) is 9.67. The smallest absolute Gasteiger partial charge is 0.0511 e. The molecule has 0 radical (unpaired) electrons. The molecule has 3 nitrogen and oxygen atoms in total. The lowest BCUT2D eigenvalue weighted by molar-refractivity contribution is 1.05. The second-order valence-corrected chi connectivity index (χ2v) is 3.90. The molecule has 0 unspecified atom stereocenters. The van der Waals surface area contributed by atoms with Crippen LogP contribution in [0, 0.1) is 6.92 Å². The molecule has 0 aliphatic heterocycles. The molecule has 0 aromatic heterocycles. The van der Waals surface area contributed by atoms with Crippen LogP contribution in [0.3, 0.4) is 0 Å². The fourth-order valence-electron chi connectivity index (χ4n) is 1.81. The van der Waals surface area contributed by atoms with Gasteiger partial charge in [-0.1, -0.05) is 53.6 Å². The zero-order valence-corrected chi connectivity index (χ0v) is 9.67. The van der Waals surface area contributed by atoms with Crippen molar-refractivity contribution in [3.8, 4) is 11.1 Å². The van der Waals surface area contributed by atoms with Crippen LogP contribution in [0.2, 0.25) is 0 Å². The van der Waals surface area contributed by atoms with E-state index in [-0.39, 0.29) is 0 Å². The second kappa shape index (κ2) is 5.19. The van der Waals surface area contributed by atoms with Gasteiger partial charge in [0.05, 0.1) is 6.54 Å². The summed E-state index contributed by atoms with van der Waals surface area (Å²) >= 11 is 0. The number of hydrogen-bond acceptors (Lipinski definition) is 1. The molecule has 0 saturated carbocycles. The monoisotopic (exact) mass is 223 g/mol. The lowest BCUT2D eigenvalue weighted by atomic mass is 9.98. The lowest BCUT2D eigenvalue weighted by Crippen LogP contribution is -1.87. The van der Waals surface area contributed by atoms with Gasteiger partial charge in [-0.3, -0.25) is 0 Å². The molecular weight excluding hydrogens is 210 g/mol. The fraction of sp³-hybridized carbons (Fsp3) is 0.143. The van der Waals surface area contributed by atoms with Gasteiger partial charge in [-0.25, -0.2) is 0 Å². The minimum absolute atomic E-state index is 0.399. The van der Waals surface area contributed by atoms with E-state index >= 15 is 0 Å². The molecule has 0 saturated heterocycles. The highest BCUT2D eigenvalue weighted by Crippen LogP contribution is 2.24. The molecule has 2 rings (SSSR count). The lowest BCUT2D eigenvalue weighted by Gasteiger charge is -2.07. The van der Waals surface area contributed by atoms with Crippen molar-refractivity contribution in [1.29, 1.82) is 0 Å². The Bertz CT molecular complexity index is 555. The van der Waals surface area contributed by atoms with Gasteiger partial charge in [-0.2, -0.15) is 0 Å². The summed E-state index contributed by atoms with van der Waals surface area (Å²) in [5, 5.41) is 3.59. The maximum Gasteiger partial charge on any atom is 0.0511 e. The van der Waals surface area contributed by atoms with Crippen LogP contribution >= 0.6 is 0 Å². The molecule has 0 N–H and O–H groups in total. The van der Waals surface area contributed by atoms with Gasteiger partial charge in [0.1, 0.15) is 0 Å². The van der Waals surface area contributed by atoms with E-state index in [0.717, 1.165) is 5.56 Å². The van der Waals surface area contributed by atoms with E-state index in [2.05, 4.69) is 41.2 Å². The summed E-state index contributed by atoms with van der Waals surface area (Å²) < 4.78 is 0. The SMILES string of the molecule is Cc1ccc(CN=[N+]=[N-])cc1-c1ccccc1. The minimum Gasteiger partial charge on any atom is -0.0893 e. The second-order valence-electron chi connectivity index (χ2n) is 3.90. The molecule has 2 aromatic rings. The van der Waals surface area contributed by atoms with Crippen LogP contribution in [-0.2, 0) is 6.54 Å². The van der Waals surface area contributed by atoms with Crippen LogP contribution in [0.5, 0.6) is 0 Å². The summed E-state index contributed by atoms with van der Waals surface area (Å²) in [5.41, 5.74) is 13.0. The maximum absolute atomic E-state index is 8.33. The number of azide groups is 1. The van der Waals surface area contributed by atoms with Gasteiger partial charge in [-0.15, -0.1) is 0 Å². The van der Waals surface area contributed by atoms with E-state index in [1.807, 2.05) is 24.3 Å². The quantitative estimate of drug-likeness (QED) is 0.418. The molecule has 3 heteroatoms. The van der Waals surface area contributed by atoms with E-state index < -0.39 is 0 Å². The Kier molecular flexibility index (Phi) is 3.43. The molecule has 0 amide bonds.